The predicted molar refractivity (Wildman–Crippen MR) is 50.3 cm³/mol. The van der Waals surface area contributed by atoms with Crippen molar-refractivity contribution in [1.82, 2.24) is 9.80 Å². The first-order chi connectivity index (χ1) is 5.59. The summed E-state index contributed by atoms with van der Waals surface area (Å²) in [5, 5.41) is 10.3. The van der Waals surface area contributed by atoms with Crippen molar-refractivity contribution in [2.24, 2.45) is 0 Å². The standard InChI is InChI=1S/C8H16N2O2.CH4.V/c1-9-4-3-7(5-9)10(2)6-8(11)12;;/h7H,3-6H2,1-2H3,(H,11,12);1H4;/p-1/t7-;;/m1../s1. The minimum atomic E-state index is -0.993. The van der Waals surface area contributed by atoms with E-state index in [-0.39, 0.29) is 32.5 Å². The Morgan fingerprint density at radius 1 is 1.64 bits per heavy atom. The Hall–Kier alpha value is -0.0256. The Kier molecular flexibility index (Phi) is 8.54. The summed E-state index contributed by atoms with van der Waals surface area (Å²) in [6, 6.07) is 0.382. The molecule has 0 amide bonds. The van der Waals surface area contributed by atoms with Crippen molar-refractivity contribution in [3.63, 3.8) is 0 Å². The van der Waals surface area contributed by atoms with E-state index < -0.39 is 5.97 Å². The molecule has 0 spiro atoms. The van der Waals surface area contributed by atoms with E-state index in [0.717, 1.165) is 19.5 Å². The third kappa shape index (κ3) is 5.01. The quantitative estimate of drug-likeness (QED) is 0.633. The van der Waals surface area contributed by atoms with E-state index >= 15 is 0 Å². The smallest absolute Gasteiger partial charge is 0.0555 e. The van der Waals surface area contributed by atoms with Crippen molar-refractivity contribution in [1.29, 1.82) is 0 Å². The van der Waals surface area contributed by atoms with Crippen LogP contribution in [0.15, 0.2) is 0 Å². The van der Waals surface area contributed by atoms with Crippen LogP contribution in [0.5, 0.6) is 0 Å². The average Bonchev–Trinajstić information content (AvgIpc) is 2.34. The Morgan fingerprint density at radius 2 is 2.21 bits per heavy atom. The molecule has 14 heavy (non-hydrogen) atoms. The second-order valence-electron chi connectivity index (χ2n) is 3.49. The fourth-order valence-corrected chi connectivity index (χ4v) is 1.60. The molecular formula is C9H19N2O2V-. The van der Waals surface area contributed by atoms with Crippen LogP contribution in [0, 0.1) is 0 Å². The molecule has 1 rings (SSSR count). The number of nitrogens with zero attached hydrogens (tertiary/aromatic N) is 2. The molecule has 1 fully saturated rings. The van der Waals surface area contributed by atoms with E-state index in [9.17, 15) is 9.90 Å². The van der Waals surface area contributed by atoms with Crippen molar-refractivity contribution < 1.29 is 28.5 Å². The van der Waals surface area contributed by atoms with Gasteiger partial charge in [-0.1, -0.05) is 7.43 Å². The van der Waals surface area contributed by atoms with Gasteiger partial charge in [-0.25, -0.2) is 0 Å². The fourth-order valence-electron chi connectivity index (χ4n) is 1.60. The van der Waals surface area contributed by atoms with Gasteiger partial charge in [0.25, 0.3) is 0 Å². The Bertz CT molecular complexity index is 178. The molecule has 1 saturated heterocycles. The van der Waals surface area contributed by atoms with Gasteiger partial charge in [-0.3, -0.25) is 4.90 Å². The van der Waals surface area contributed by atoms with Crippen LogP contribution in [0.1, 0.15) is 13.8 Å². The predicted octanol–water partition coefficient (Wildman–Crippen LogP) is -0.994. The number of aliphatic carboxylic acids is 1. The van der Waals surface area contributed by atoms with Crippen LogP contribution >= 0.6 is 0 Å². The number of likely N-dealkylation sites (N-methyl/N-ethyl adjacent to an activating group) is 2. The summed E-state index contributed by atoms with van der Waals surface area (Å²) in [6.45, 7) is 2.06. The zero-order valence-electron chi connectivity index (χ0n) is 8.06. The number of carbonyl (C=O) groups excluding carboxylic acids is 1. The molecule has 0 unspecified atom stereocenters. The van der Waals surface area contributed by atoms with Gasteiger partial charge in [-0.2, -0.15) is 0 Å². The molecule has 0 bridgehead atoms. The minimum absolute atomic E-state index is 0. The molecule has 1 radical (unpaired) electrons. The van der Waals surface area contributed by atoms with Crippen molar-refractivity contribution >= 4 is 5.97 Å². The van der Waals surface area contributed by atoms with Gasteiger partial charge >= 0.3 is 0 Å². The molecule has 83 valence electrons. The molecular weight excluding hydrogens is 219 g/mol. The SMILES string of the molecule is C.CN1CC[C@@H](N(C)CC(=O)[O-])C1.[V]. The minimum Gasteiger partial charge on any atom is -0.549 e. The molecule has 0 N–H and O–H groups in total. The van der Waals surface area contributed by atoms with Gasteiger partial charge in [-0.15, -0.1) is 0 Å². The van der Waals surface area contributed by atoms with Crippen LogP contribution in [0.2, 0.25) is 0 Å². The van der Waals surface area contributed by atoms with Crippen LogP contribution in [0.4, 0.5) is 0 Å². The summed E-state index contributed by atoms with van der Waals surface area (Å²) in [5.41, 5.74) is 0. The van der Waals surface area contributed by atoms with E-state index in [2.05, 4.69) is 4.90 Å². The third-order valence-electron chi connectivity index (χ3n) is 2.37. The molecule has 0 aromatic heterocycles. The van der Waals surface area contributed by atoms with E-state index in [1.165, 1.54) is 0 Å². The van der Waals surface area contributed by atoms with Gasteiger partial charge in [0.1, 0.15) is 0 Å². The second-order valence-corrected chi connectivity index (χ2v) is 3.49. The van der Waals surface area contributed by atoms with Gasteiger partial charge in [0.05, 0.1) is 5.97 Å². The number of carbonyl (C=O) groups is 1. The molecule has 1 atom stereocenters. The van der Waals surface area contributed by atoms with Crippen molar-refractivity contribution in [2.75, 3.05) is 33.7 Å². The summed E-state index contributed by atoms with van der Waals surface area (Å²) in [5.74, 6) is -0.993. The van der Waals surface area contributed by atoms with Crippen LogP contribution in [-0.2, 0) is 23.4 Å². The maximum atomic E-state index is 10.3. The number of hydrogen-bond acceptors (Lipinski definition) is 4. The monoisotopic (exact) mass is 238 g/mol. The van der Waals surface area contributed by atoms with E-state index in [0.29, 0.717) is 6.04 Å². The molecule has 1 aliphatic rings. The number of carboxylic acid groups (broad SMARTS) is 1. The molecule has 0 aromatic rings. The normalized spacial score (nSPS) is 21.5. The fraction of sp³-hybridized carbons (Fsp3) is 0.889. The topological polar surface area (TPSA) is 46.6 Å². The maximum absolute atomic E-state index is 10.3. The first-order valence-corrected chi connectivity index (χ1v) is 4.18. The Morgan fingerprint density at radius 3 is 2.57 bits per heavy atom. The van der Waals surface area contributed by atoms with Crippen molar-refractivity contribution in [3.8, 4) is 0 Å². The van der Waals surface area contributed by atoms with E-state index in [1.54, 1.807) is 0 Å². The zero-order chi connectivity index (χ0) is 9.14. The van der Waals surface area contributed by atoms with E-state index in [1.807, 2.05) is 19.0 Å². The number of hydrogen-bond donors (Lipinski definition) is 0. The summed E-state index contributed by atoms with van der Waals surface area (Å²) >= 11 is 0. The van der Waals surface area contributed by atoms with Gasteiger partial charge in [0, 0.05) is 37.7 Å². The second kappa shape index (κ2) is 7.29. The summed E-state index contributed by atoms with van der Waals surface area (Å²) in [6.07, 6.45) is 1.06. The van der Waals surface area contributed by atoms with Crippen LogP contribution in [0.3, 0.4) is 0 Å². The van der Waals surface area contributed by atoms with Gasteiger partial charge in [-0.05, 0) is 27.1 Å². The molecule has 4 nitrogen and oxygen atoms in total. The summed E-state index contributed by atoms with van der Waals surface area (Å²) < 4.78 is 0. The van der Waals surface area contributed by atoms with Crippen molar-refractivity contribution in [3.05, 3.63) is 0 Å². The van der Waals surface area contributed by atoms with Crippen LogP contribution in [0.25, 0.3) is 0 Å². The van der Waals surface area contributed by atoms with Crippen LogP contribution < -0.4 is 5.11 Å². The molecule has 0 aromatic carbocycles. The van der Waals surface area contributed by atoms with Crippen LogP contribution in [-0.4, -0.2) is 55.5 Å². The zero-order valence-corrected chi connectivity index (χ0v) is 9.46. The van der Waals surface area contributed by atoms with Gasteiger partial charge < -0.3 is 14.8 Å². The van der Waals surface area contributed by atoms with Gasteiger partial charge in [0.2, 0.25) is 0 Å². The summed E-state index contributed by atoms with van der Waals surface area (Å²) in [7, 11) is 3.88. The molecule has 1 heterocycles. The maximum Gasteiger partial charge on any atom is 0.0555 e. The molecule has 5 heteroatoms. The average molecular weight is 238 g/mol. The molecule has 1 aliphatic heterocycles. The number of likely N-dealkylation sites (tertiary alicyclic amines) is 1. The number of carboxylic acids is 1. The first kappa shape index (κ1) is 16.4. The Balaban J connectivity index is 0. The third-order valence-corrected chi connectivity index (χ3v) is 2.37. The van der Waals surface area contributed by atoms with Gasteiger partial charge in [0.15, 0.2) is 0 Å². The largest absolute Gasteiger partial charge is 0.549 e. The molecule has 0 aliphatic carbocycles. The first-order valence-electron chi connectivity index (χ1n) is 4.18. The summed E-state index contributed by atoms with van der Waals surface area (Å²) in [4.78, 5) is 14.3. The van der Waals surface area contributed by atoms with Crippen molar-refractivity contribution in [2.45, 2.75) is 19.9 Å². The Labute approximate surface area is 98.1 Å². The van der Waals surface area contributed by atoms with E-state index in [4.69, 9.17) is 0 Å². The molecule has 0 saturated carbocycles. The number of rotatable bonds is 3.